The van der Waals surface area contributed by atoms with E-state index in [4.69, 9.17) is 4.98 Å². The normalized spacial score (nSPS) is 11.1. The first-order valence-electron chi connectivity index (χ1n) is 12.0. The quantitative estimate of drug-likeness (QED) is 0.240. The minimum atomic E-state index is 0.190. The van der Waals surface area contributed by atoms with Crippen molar-refractivity contribution >= 4 is 22.2 Å². The van der Waals surface area contributed by atoms with Crippen molar-refractivity contribution in [2.45, 2.75) is 32.7 Å². The molecule has 5 aromatic rings. The highest BCUT2D eigenvalue weighted by molar-refractivity contribution is 7.15. The first kappa shape index (κ1) is 23.1. The Balaban J connectivity index is 1.31. The van der Waals surface area contributed by atoms with Gasteiger partial charge in [0.25, 0.3) is 0 Å². The van der Waals surface area contributed by atoms with Gasteiger partial charge in [0.2, 0.25) is 5.91 Å². The van der Waals surface area contributed by atoms with Gasteiger partial charge in [-0.15, -0.1) is 11.3 Å². The Morgan fingerprint density at radius 2 is 1.57 bits per heavy atom. The molecule has 0 bridgehead atoms. The summed E-state index contributed by atoms with van der Waals surface area (Å²) in [7, 11) is 0. The molecule has 0 aliphatic heterocycles. The van der Waals surface area contributed by atoms with Gasteiger partial charge >= 0.3 is 0 Å². The molecule has 0 aliphatic rings. The lowest BCUT2D eigenvalue weighted by molar-refractivity contribution is -0.131. The van der Waals surface area contributed by atoms with Crippen LogP contribution >= 0.6 is 11.3 Å². The Morgan fingerprint density at radius 3 is 2.29 bits per heavy atom. The van der Waals surface area contributed by atoms with Crippen molar-refractivity contribution in [2.75, 3.05) is 6.54 Å². The van der Waals surface area contributed by atoms with Crippen LogP contribution in [0, 0.1) is 6.92 Å². The van der Waals surface area contributed by atoms with Gasteiger partial charge in [-0.25, -0.2) is 4.98 Å². The number of imidazole rings is 1. The zero-order valence-electron chi connectivity index (χ0n) is 19.9. The number of carbonyl (C=O) groups is 1. The minimum Gasteiger partial charge on any atom is -0.338 e. The second kappa shape index (κ2) is 10.7. The Labute approximate surface area is 210 Å². The topological polar surface area (TPSA) is 37.6 Å². The fourth-order valence-corrected chi connectivity index (χ4v) is 5.18. The van der Waals surface area contributed by atoms with E-state index < -0.39 is 0 Å². The van der Waals surface area contributed by atoms with E-state index in [-0.39, 0.29) is 5.91 Å². The SMILES string of the molecule is Cc1ccc(-c2cn3c(CCN(Cc4ccccc4)C(=O)CCc4ccccc4)csc3n2)cc1. The predicted octanol–water partition coefficient (Wildman–Crippen LogP) is 6.58. The first-order valence-corrected chi connectivity index (χ1v) is 12.9. The highest BCUT2D eigenvalue weighted by atomic mass is 32.1. The fraction of sp³-hybridized carbons (Fsp3) is 0.200. The van der Waals surface area contributed by atoms with E-state index in [2.05, 4.69) is 71.4 Å². The van der Waals surface area contributed by atoms with E-state index in [1.807, 2.05) is 41.3 Å². The molecule has 1 amide bonds. The molecular formula is C30H29N3OS. The van der Waals surface area contributed by atoms with Gasteiger partial charge in [-0.1, -0.05) is 90.5 Å². The van der Waals surface area contributed by atoms with E-state index in [9.17, 15) is 4.79 Å². The van der Waals surface area contributed by atoms with Crippen LogP contribution in [0.4, 0.5) is 0 Å². The lowest BCUT2D eigenvalue weighted by Crippen LogP contribution is -2.32. The number of aryl methyl sites for hydroxylation is 2. The average Bonchev–Trinajstić information content (AvgIpc) is 3.48. The van der Waals surface area contributed by atoms with Crippen LogP contribution in [0.2, 0.25) is 0 Å². The molecule has 0 unspecified atom stereocenters. The molecule has 3 aromatic carbocycles. The number of benzene rings is 3. The van der Waals surface area contributed by atoms with Crippen LogP contribution < -0.4 is 0 Å². The van der Waals surface area contributed by atoms with Crippen molar-refractivity contribution in [3.8, 4) is 11.3 Å². The Kier molecular flexibility index (Phi) is 7.05. The molecule has 35 heavy (non-hydrogen) atoms. The molecule has 0 aliphatic carbocycles. The second-order valence-electron chi connectivity index (χ2n) is 8.91. The molecule has 2 heterocycles. The van der Waals surface area contributed by atoms with Gasteiger partial charge in [0.1, 0.15) is 0 Å². The van der Waals surface area contributed by atoms with Crippen molar-refractivity contribution in [1.29, 1.82) is 0 Å². The molecule has 0 atom stereocenters. The fourth-order valence-electron chi connectivity index (χ4n) is 4.27. The molecule has 0 radical (unpaired) electrons. The van der Waals surface area contributed by atoms with E-state index in [0.717, 1.165) is 34.6 Å². The summed E-state index contributed by atoms with van der Waals surface area (Å²) in [4.78, 5) is 21.1. The lowest BCUT2D eigenvalue weighted by atomic mass is 10.1. The number of hydrogen-bond acceptors (Lipinski definition) is 3. The minimum absolute atomic E-state index is 0.190. The monoisotopic (exact) mass is 479 g/mol. The number of thiazole rings is 1. The number of fused-ring (bicyclic) bond motifs is 1. The van der Waals surface area contributed by atoms with Crippen LogP contribution in [0.25, 0.3) is 16.2 Å². The summed E-state index contributed by atoms with van der Waals surface area (Å²) in [5.74, 6) is 0.190. The molecule has 176 valence electrons. The number of rotatable bonds is 9. The summed E-state index contributed by atoms with van der Waals surface area (Å²) in [5.41, 5.74) is 6.88. The summed E-state index contributed by atoms with van der Waals surface area (Å²) in [5, 5.41) is 2.16. The van der Waals surface area contributed by atoms with Gasteiger partial charge in [-0.3, -0.25) is 9.20 Å². The van der Waals surface area contributed by atoms with Crippen LogP contribution in [0.1, 0.15) is 28.8 Å². The van der Waals surface area contributed by atoms with Gasteiger partial charge in [0.05, 0.1) is 5.69 Å². The molecule has 4 nitrogen and oxygen atoms in total. The molecular weight excluding hydrogens is 450 g/mol. The van der Waals surface area contributed by atoms with E-state index in [1.54, 1.807) is 11.3 Å². The van der Waals surface area contributed by atoms with Crippen molar-refractivity contribution in [2.24, 2.45) is 0 Å². The number of aromatic nitrogens is 2. The standard InChI is InChI=1S/C30H29N3OS/c1-23-12-15-26(16-13-23)28-21-33-27(22-35-30(33)31-28)18-19-32(20-25-10-6-3-7-11-25)29(34)17-14-24-8-4-2-5-9-24/h2-13,15-16,21-22H,14,17-20H2,1H3. The molecule has 0 saturated heterocycles. The van der Waals surface area contributed by atoms with Crippen molar-refractivity contribution in [3.05, 3.63) is 119 Å². The molecule has 0 spiro atoms. The molecule has 0 N–H and O–H groups in total. The summed E-state index contributed by atoms with van der Waals surface area (Å²) in [6, 6.07) is 29.0. The zero-order chi connectivity index (χ0) is 24.0. The predicted molar refractivity (Wildman–Crippen MR) is 144 cm³/mol. The highest BCUT2D eigenvalue weighted by Crippen LogP contribution is 2.24. The maximum absolute atomic E-state index is 13.3. The highest BCUT2D eigenvalue weighted by Gasteiger charge is 2.16. The number of nitrogens with zero attached hydrogens (tertiary/aromatic N) is 3. The zero-order valence-corrected chi connectivity index (χ0v) is 20.7. The summed E-state index contributed by atoms with van der Waals surface area (Å²) >= 11 is 1.65. The van der Waals surface area contributed by atoms with Crippen LogP contribution in [-0.4, -0.2) is 26.7 Å². The lowest BCUT2D eigenvalue weighted by Gasteiger charge is -2.23. The molecule has 5 rings (SSSR count). The summed E-state index contributed by atoms with van der Waals surface area (Å²) in [6.07, 6.45) is 4.17. The third-order valence-electron chi connectivity index (χ3n) is 6.31. The number of carbonyl (C=O) groups excluding carboxylic acids is 1. The second-order valence-corrected chi connectivity index (χ2v) is 9.74. The summed E-state index contributed by atoms with van der Waals surface area (Å²) in [6.45, 7) is 3.39. The maximum Gasteiger partial charge on any atom is 0.223 e. The van der Waals surface area contributed by atoms with Crippen LogP contribution in [0.15, 0.2) is 96.5 Å². The van der Waals surface area contributed by atoms with Crippen LogP contribution in [0.5, 0.6) is 0 Å². The van der Waals surface area contributed by atoms with E-state index >= 15 is 0 Å². The molecule has 0 saturated carbocycles. The summed E-state index contributed by atoms with van der Waals surface area (Å²) < 4.78 is 2.18. The molecule has 2 aromatic heterocycles. The van der Waals surface area contributed by atoms with Gasteiger partial charge < -0.3 is 4.90 Å². The van der Waals surface area contributed by atoms with E-state index in [0.29, 0.717) is 19.5 Å². The van der Waals surface area contributed by atoms with Gasteiger partial charge in [0, 0.05) is 48.8 Å². The first-order chi connectivity index (χ1) is 17.2. The average molecular weight is 480 g/mol. The van der Waals surface area contributed by atoms with Crippen molar-refractivity contribution < 1.29 is 4.79 Å². The van der Waals surface area contributed by atoms with Gasteiger partial charge in [0.15, 0.2) is 4.96 Å². The van der Waals surface area contributed by atoms with Crippen LogP contribution in [0.3, 0.4) is 0 Å². The van der Waals surface area contributed by atoms with Crippen molar-refractivity contribution in [1.82, 2.24) is 14.3 Å². The van der Waals surface area contributed by atoms with Crippen molar-refractivity contribution in [3.63, 3.8) is 0 Å². The van der Waals surface area contributed by atoms with E-state index in [1.165, 1.54) is 16.8 Å². The Bertz CT molecular complexity index is 1390. The molecule has 5 heteroatoms. The van der Waals surface area contributed by atoms with Gasteiger partial charge in [-0.05, 0) is 24.5 Å². The largest absolute Gasteiger partial charge is 0.338 e. The Hall–Kier alpha value is -3.70. The third kappa shape index (κ3) is 5.69. The Morgan fingerprint density at radius 1 is 0.886 bits per heavy atom. The smallest absolute Gasteiger partial charge is 0.223 e. The van der Waals surface area contributed by atoms with Crippen LogP contribution in [-0.2, 0) is 24.2 Å². The number of amides is 1. The van der Waals surface area contributed by atoms with Gasteiger partial charge in [-0.2, -0.15) is 0 Å². The molecule has 0 fully saturated rings. The number of hydrogen-bond donors (Lipinski definition) is 0. The maximum atomic E-state index is 13.3. The third-order valence-corrected chi connectivity index (χ3v) is 7.20.